The van der Waals surface area contributed by atoms with Gasteiger partial charge in [-0.1, -0.05) is 52.3 Å². The Morgan fingerprint density at radius 2 is 1.71 bits per heavy atom. The summed E-state index contributed by atoms with van der Waals surface area (Å²) in [7, 11) is 0. The van der Waals surface area contributed by atoms with Crippen molar-refractivity contribution in [3.8, 4) is 0 Å². The lowest BCUT2D eigenvalue weighted by atomic mass is 9.60. The van der Waals surface area contributed by atoms with Crippen LogP contribution in [0, 0.1) is 10.8 Å². The number of allylic oxidation sites excluding steroid dienone is 9. The molecule has 1 N–H and O–H groups in total. The monoisotopic (exact) mass is 390 g/mol. The molecule has 2 nitrogen and oxygen atoms in total. The lowest BCUT2D eigenvalue weighted by Crippen LogP contribution is -2.32. The zero-order valence-corrected chi connectivity index (χ0v) is 17.9. The lowest BCUT2D eigenvalue weighted by Gasteiger charge is -2.45. The number of aliphatic carboxylic acids is 1. The van der Waals surface area contributed by atoms with Gasteiger partial charge in [-0.05, 0) is 78.2 Å². The molecule has 0 atom stereocenters. The van der Waals surface area contributed by atoms with Gasteiger partial charge in [0.15, 0.2) is 0 Å². The molecule has 0 unspecified atom stereocenters. The maximum absolute atomic E-state index is 14.9. The molecule has 0 bridgehead atoms. The molecular weight excluding hydrogens is 358 g/mol. The fraction of sp³-hybridized carbons (Fsp3) is 0.542. The Bertz CT molecular complexity index is 818. The predicted octanol–water partition coefficient (Wildman–Crippen LogP) is 7.37. The predicted molar refractivity (Wildman–Crippen MR) is 110 cm³/mol. The molecule has 0 amide bonds. The molecule has 28 heavy (non-hydrogen) atoms. The van der Waals surface area contributed by atoms with Gasteiger partial charge in [0.1, 0.15) is 5.83 Å². The highest BCUT2D eigenvalue weighted by atomic mass is 19.1. The van der Waals surface area contributed by atoms with Crippen molar-refractivity contribution >= 4 is 5.97 Å². The van der Waals surface area contributed by atoms with E-state index in [1.54, 1.807) is 0 Å². The molecule has 4 heteroatoms. The van der Waals surface area contributed by atoms with Crippen molar-refractivity contribution in [2.75, 3.05) is 0 Å². The molecule has 2 aliphatic carbocycles. The molecule has 0 heterocycles. The van der Waals surface area contributed by atoms with Gasteiger partial charge >= 0.3 is 5.97 Å². The summed E-state index contributed by atoms with van der Waals surface area (Å²) in [5, 5.41) is 8.69. The fourth-order valence-corrected chi connectivity index (χ4v) is 4.27. The van der Waals surface area contributed by atoms with E-state index in [9.17, 15) is 13.6 Å². The average Bonchev–Trinajstić information content (AvgIpc) is 2.63. The van der Waals surface area contributed by atoms with Crippen LogP contribution in [0.5, 0.6) is 0 Å². The summed E-state index contributed by atoms with van der Waals surface area (Å²) in [6.45, 7) is 12.3. The van der Waals surface area contributed by atoms with Crippen molar-refractivity contribution < 1.29 is 18.7 Å². The number of carbonyl (C=O) groups is 1. The lowest BCUT2D eigenvalue weighted by molar-refractivity contribution is -0.134. The first-order valence-corrected chi connectivity index (χ1v) is 10.0. The highest BCUT2D eigenvalue weighted by Gasteiger charge is 2.39. The van der Waals surface area contributed by atoms with E-state index in [1.807, 2.05) is 6.92 Å². The van der Waals surface area contributed by atoms with Crippen LogP contribution in [-0.2, 0) is 4.79 Å². The van der Waals surface area contributed by atoms with Gasteiger partial charge in [-0.2, -0.15) is 4.39 Å². The number of carboxylic acids is 1. The minimum atomic E-state index is -1.64. The largest absolute Gasteiger partial charge is 0.476 e. The van der Waals surface area contributed by atoms with Crippen LogP contribution in [0.2, 0.25) is 0 Å². The molecule has 154 valence electrons. The minimum Gasteiger partial charge on any atom is -0.476 e. The van der Waals surface area contributed by atoms with Crippen LogP contribution in [-0.4, -0.2) is 11.1 Å². The highest BCUT2D eigenvalue weighted by molar-refractivity contribution is 5.85. The van der Waals surface area contributed by atoms with Crippen molar-refractivity contribution in [2.24, 2.45) is 10.8 Å². The van der Waals surface area contributed by atoms with Gasteiger partial charge < -0.3 is 5.11 Å². The molecule has 0 radical (unpaired) electrons. The van der Waals surface area contributed by atoms with E-state index in [-0.39, 0.29) is 16.4 Å². The zero-order chi connectivity index (χ0) is 21.3. The van der Waals surface area contributed by atoms with Crippen LogP contribution in [0.4, 0.5) is 8.78 Å². The molecule has 0 saturated heterocycles. The quantitative estimate of drug-likeness (QED) is 0.393. The van der Waals surface area contributed by atoms with Crippen molar-refractivity contribution in [1.82, 2.24) is 0 Å². The summed E-state index contributed by atoms with van der Waals surface area (Å²) in [6.07, 6.45) is 9.06. The molecule has 0 aromatic heterocycles. The fourth-order valence-electron chi connectivity index (χ4n) is 4.27. The third-order valence-electron chi connectivity index (χ3n) is 6.25. The Morgan fingerprint density at radius 3 is 2.29 bits per heavy atom. The summed E-state index contributed by atoms with van der Waals surface area (Å²) < 4.78 is 28.3. The van der Waals surface area contributed by atoms with E-state index in [1.165, 1.54) is 30.2 Å². The molecule has 0 aromatic rings. The molecule has 0 saturated carbocycles. The second-order valence-electron chi connectivity index (χ2n) is 9.15. The van der Waals surface area contributed by atoms with Gasteiger partial charge in [0, 0.05) is 0 Å². The van der Waals surface area contributed by atoms with Crippen LogP contribution in [0.15, 0.2) is 57.7 Å². The molecular formula is C24H32F2O2. The first-order chi connectivity index (χ1) is 12.9. The molecule has 0 spiro atoms. The molecule has 2 aliphatic rings. The van der Waals surface area contributed by atoms with Crippen molar-refractivity contribution in [3.05, 3.63) is 57.7 Å². The van der Waals surface area contributed by atoms with Gasteiger partial charge in [0.05, 0.1) is 0 Å². The summed E-state index contributed by atoms with van der Waals surface area (Å²) in [5.74, 6) is -3.33. The maximum atomic E-state index is 14.9. The second kappa shape index (κ2) is 8.18. The Kier molecular flexibility index (Phi) is 6.52. The van der Waals surface area contributed by atoms with Gasteiger partial charge in [-0.15, -0.1) is 0 Å². The third kappa shape index (κ3) is 4.53. The normalized spacial score (nSPS) is 23.1. The summed E-state index contributed by atoms with van der Waals surface area (Å²) in [5.41, 5.74) is 4.58. The standard InChI is InChI=1S/C24H32F2O2/c1-7-17(20(25)11-8-15(2)21(26)22(27)28)16-9-10-18-19(14-16)24(5,6)13-12-23(18,3)4/h8,11,14H,7,9-10,12-13H2,1-6H3,(H,27,28). The molecule has 0 aromatic carbocycles. The summed E-state index contributed by atoms with van der Waals surface area (Å²) >= 11 is 0. The minimum absolute atomic E-state index is 0.0750. The average molecular weight is 391 g/mol. The van der Waals surface area contributed by atoms with Gasteiger partial charge in [0.25, 0.3) is 0 Å². The van der Waals surface area contributed by atoms with E-state index in [2.05, 4.69) is 33.8 Å². The molecule has 2 rings (SSSR count). The van der Waals surface area contributed by atoms with Gasteiger partial charge in [-0.3, -0.25) is 0 Å². The number of hydrogen-bond donors (Lipinski definition) is 1. The Morgan fingerprint density at radius 1 is 1.11 bits per heavy atom. The molecule has 0 aliphatic heterocycles. The topological polar surface area (TPSA) is 37.3 Å². The SMILES string of the molecule is CCC(C1=CC2=C(CC1)C(C)(C)CCC2(C)C)=C(F)C=CC(C)=C(F)C(=O)O. The number of carboxylic acid groups (broad SMARTS) is 1. The Balaban J connectivity index is 2.46. The first-order valence-electron chi connectivity index (χ1n) is 10.0. The van der Waals surface area contributed by atoms with Crippen molar-refractivity contribution in [3.63, 3.8) is 0 Å². The van der Waals surface area contributed by atoms with Crippen LogP contribution in [0.25, 0.3) is 0 Å². The van der Waals surface area contributed by atoms with Crippen LogP contribution < -0.4 is 0 Å². The molecule has 0 fully saturated rings. The van der Waals surface area contributed by atoms with Gasteiger partial charge in [-0.25, -0.2) is 9.18 Å². The number of halogens is 2. The van der Waals surface area contributed by atoms with E-state index >= 15 is 0 Å². The van der Waals surface area contributed by atoms with E-state index in [0.717, 1.165) is 31.3 Å². The maximum Gasteiger partial charge on any atom is 0.365 e. The van der Waals surface area contributed by atoms with E-state index in [0.29, 0.717) is 12.0 Å². The first kappa shape index (κ1) is 22.3. The van der Waals surface area contributed by atoms with Crippen LogP contribution >= 0.6 is 0 Å². The Labute approximate surface area is 167 Å². The zero-order valence-electron chi connectivity index (χ0n) is 17.9. The summed E-state index contributed by atoms with van der Waals surface area (Å²) in [6, 6.07) is 0. The third-order valence-corrected chi connectivity index (χ3v) is 6.25. The smallest absolute Gasteiger partial charge is 0.365 e. The van der Waals surface area contributed by atoms with E-state index in [4.69, 9.17) is 5.11 Å². The highest BCUT2D eigenvalue weighted by Crippen LogP contribution is 2.53. The van der Waals surface area contributed by atoms with Crippen LogP contribution in [0.1, 0.15) is 73.6 Å². The number of rotatable bonds is 5. The van der Waals surface area contributed by atoms with Crippen molar-refractivity contribution in [2.45, 2.75) is 73.6 Å². The van der Waals surface area contributed by atoms with Gasteiger partial charge in [0.2, 0.25) is 5.83 Å². The second-order valence-corrected chi connectivity index (χ2v) is 9.15. The number of hydrogen-bond acceptors (Lipinski definition) is 1. The van der Waals surface area contributed by atoms with Crippen molar-refractivity contribution in [1.29, 1.82) is 0 Å². The van der Waals surface area contributed by atoms with E-state index < -0.39 is 17.6 Å². The summed E-state index contributed by atoms with van der Waals surface area (Å²) in [4.78, 5) is 10.7. The Hall–Kier alpha value is -1.97. The van der Waals surface area contributed by atoms with Crippen LogP contribution in [0.3, 0.4) is 0 Å².